The Morgan fingerprint density at radius 3 is 2.71 bits per heavy atom. The fourth-order valence-corrected chi connectivity index (χ4v) is 3.25. The third kappa shape index (κ3) is 2.39. The highest BCUT2D eigenvalue weighted by molar-refractivity contribution is 5.79. The predicted octanol–water partition coefficient (Wildman–Crippen LogP) is 3.30. The molecule has 1 heterocycles. The summed E-state index contributed by atoms with van der Waals surface area (Å²) < 4.78 is 28.3. The topological polar surface area (TPSA) is 55.1 Å². The van der Waals surface area contributed by atoms with E-state index in [-0.39, 0.29) is 12.5 Å². The lowest BCUT2D eigenvalue weighted by molar-refractivity contribution is -0.137. The van der Waals surface area contributed by atoms with Crippen LogP contribution in [-0.4, -0.2) is 20.6 Å². The summed E-state index contributed by atoms with van der Waals surface area (Å²) in [7, 11) is 0. The lowest BCUT2D eigenvalue weighted by Gasteiger charge is -2.16. The second kappa shape index (κ2) is 5.09. The van der Waals surface area contributed by atoms with Gasteiger partial charge in [-0.3, -0.25) is 4.79 Å². The maximum atomic E-state index is 13.5. The van der Waals surface area contributed by atoms with E-state index in [0.717, 1.165) is 31.4 Å². The van der Waals surface area contributed by atoms with Crippen molar-refractivity contribution in [3.8, 4) is 0 Å². The van der Waals surface area contributed by atoms with E-state index in [1.54, 1.807) is 0 Å². The van der Waals surface area contributed by atoms with Gasteiger partial charge in [0.1, 0.15) is 12.4 Å². The number of carbonyl (C=O) groups is 1. The average Bonchev–Trinajstić information content (AvgIpc) is 2.95. The van der Waals surface area contributed by atoms with Crippen LogP contribution in [0.25, 0.3) is 11.0 Å². The van der Waals surface area contributed by atoms with Gasteiger partial charge in [0.25, 0.3) is 0 Å². The summed E-state index contributed by atoms with van der Waals surface area (Å²) in [6, 6.07) is 2.07. The lowest BCUT2D eigenvalue weighted by Crippen LogP contribution is -2.16. The molecule has 1 aliphatic rings. The average molecular weight is 294 g/mol. The summed E-state index contributed by atoms with van der Waals surface area (Å²) in [5, 5.41) is 9.09. The van der Waals surface area contributed by atoms with Crippen molar-refractivity contribution in [3.63, 3.8) is 0 Å². The van der Waals surface area contributed by atoms with E-state index in [4.69, 9.17) is 5.11 Å². The van der Waals surface area contributed by atoms with Gasteiger partial charge in [0.15, 0.2) is 11.6 Å². The molecular weight excluding hydrogens is 278 g/mol. The normalized spacial score (nSPS) is 22.0. The number of benzene rings is 1. The summed E-state index contributed by atoms with van der Waals surface area (Å²) in [4.78, 5) is 15.5. The van der Waals surface area contributed by atoms with Crippen molar-refractivity contribution in [2.24, 2.45) is 5.92 Å². The highest BCUT2D eigenvalue weighted by Gasteiger charge is 2.30. The molecule has 1 N–H and O–H groups in total. The molecule has 6 heteroatoms. The van der Waals surface area contributed by atoms with Crippen LogP contribution in [0.4, 0.5) is 8.78 Å². The maximum Gasteiger partial charge on any atom is 0.323 e. The molecule has 1 saturated carbocycles. The Balaban J connectivity index is 2.19. The molecule has 0 spiro atoms. The van der Waals surface area contributed by atoms with E-state index in [9.17, 15) is 13.6 Å². The van der Waals surface area contributed by atoms with Crippen molar-refractivity contribution < 1.29 is 18.7 Å². The fraction of sp³-hybridized carbons (Fsp3) is 0.467. The van der Waals surface area contributed by atoms with Crippen molar-refractivity contribution in [2.75, 3.05) is 0 Å². The molecule has 2 atom stereocenters. The van der Waals surface area contributed by atoms with Gasteiger partial charge in [-0.2, -0.15) is 0 Å². The molecular formula is C15H16F2N2O2. The van der Waals surface area contributed by atoms with Crippen LogP contribution < -0.4 is 0 Å². The van der Waals surface area contributed by atoms with Crippen LogP contribution in [0.1, 0.15) is 37.9 Å². The Morgan fingerprint density at radius 2 is 2.10 bits per heavy atom. The van der Waals surface area contributed by atoms with E-state index in [0.29, 0.717) is 22.8 Å². The number of hydrogen-bond acceptors (Lipinski definition) is 2. The van der Waals surface area contributed by atoms with Crippen LogP contribution in [0.3, 0.4) is 0 Å². The quantitative estimate of drug-likeness (QED) is 0.945. The zero-order valence-electron chi connectivity index (χ0n) is 11.6. The Hall–Kier alpha value is -1.98. The minimum absolute atomic E-state index is 0.142. The first-order chi connectivity index (χ1) is 9.97. The smallest absolute Gasteiger partial charge is 0.323 e. The van der Waals surface area contributed by atoms with E-state index in [2.05, 4.69) is 11.9 Å². The van der Waals surface area contributed by atoms with Crippen LogP contribution in [-0.2, 0) is 11.3 Å². The van der Waals surface area contributed by atoms with Gasteiger partial charge in [-0.05, 0) is 18.8 Å². The summed E-state index contributed by atoms with van der Waals surface area (Å²) in [6.45, 7) is 1.81. The van der Waals surface area contributed by atoms with Gasteiger partial charge in [-0.25, -0.2) is 13.8 Å². The number of imidazole rings is 1. The van der Waals surface area contributed by atoms with Crippen molar-refractivity contribution >= 4 is 17.0 Å². The maximum absolute atomic E-state index is 13.5. The number of carboxylic acid groups (broad SMARTS) is 1. The monoisotopic (exact) mass is 294 g/mol. The molecule has 0 bridgehead atoms. The Kier molecular flexibility index (Phi) is 3.39. The molecule has 4 nitrogen and oxygen atoms in total. The van der Waals surface area contributed by atoms with Gasteiger partial charge in [0, 0.05) is 18.1 Å². The van der Waals surface area contributed by atoms with Crippen LogP contribution in [0.5, 0.6) is 0 Å². The van der Waals surface area contributed by atoms with Crippen LogP contribution in [0, 0.1) is 17.6 Å². The van der Waals surface area contributed by atoms with E-state index in [1.807, 2.05) is 0 Å². The van der Waals surface area contributed by atoms with Gasteiger partial charge in [-0.1, -0.05) is 13.3 Å². The van der Waals surface area contributed by atoms with E-state index in [1.165, 1.54) is 4.57 Å². The second-order valence-electron chi connectivity index (χ2n) is 5.72. The third-order valence-corrected chi connectivity index (χ3v) is 4.31. The number of aromatic nitrogens is 2. The number of halogens is 2. The Morgan fingerprint density at radius 1 is 1.38 bits per heavy atom. The number of hydrogen-bond donors (Lipinski definition) is 1. The summed E-state index contributed by atoms with van der Waals surface area (Å²) in [5.74, 6) is -1.81. The highest BCUT2D eigenvalue weighted by Crippen LogP contribution is 2.40. The molecule has 0 amide bonds. The van der Waals surface area contributed by atoms with Gasteiger partial charge in [0.05, 0.1) is 11.0 Å². The standard InChI is InChI=1S/C15H16F2N2O2/c1-8-3-2-4-9(8)15-18-12-5-10(16)11(17)6-13(12)19(15)7-14(20)21/h5-6,8-9H,2-4,7H2,1H3,(H,20,21). The molecule has 3 rings (SSSR count). The molecule has 0 aliphatic heterocycles. The lowest BCUT2D eigenvalue weighted by atomic mass is 9.97. The van der Waals surface area contributed by atoms with Crippen molar-refractivity contribution in [3.05, 3.63) is 29.6 Å². The summed E-state index contributed by atoms with van der Waals surface area (Å²) in [5.41, 5.74) is 0.648. The van der Waals surface area contributed by atoms with E-state index >= 15 is 0 Å². The van der Waals surface area contributed by atoms with Gasteiger partial charge in [0.2, 0.25) is 0 Å². The first kappa shape index (κ1) is 14.0. The molecule has 0 radical (unpaired) electrons. The first-order valence-corrected chi connectivity index (χ1v) is 7.04. The molecule has 112 valence electrons. The molecule has 1 fully saturated rings. The Labute approximate surface area is 120 Å². The number of rotatable bonds is 3. The number of carboxylic acids is 1. The number of fused-ring (bicyclic) bond motifs is 1. The number of nitrogens with zero attached hydrogens (tertiary/aromatic N) is 2. The molecule has 1 aromatic carbocycles. The molecule has 2 aromatic rings. The predicted molar refractivity (Wildman–Crippen MR) is 73.0 cm³/mol. The molecule has 21 heavy (non-hydrogen) atoms. The fourth-order valence-electron chi connectivity index (χ4n) is 3.25. The SMILES string of the molecule is CC1CCCC1c1nc2cc(F)c(F)cc2n1CC(=O)O. The first-order valence-electron chi connectivity index (χ1n) is 7.04. The van der Waals surface area contributed by atoms with Crippen molar-refractivity contribution in [2.45, 2.75) is 38.6 Å². The van der Waals surface area contributed by atoms with Gasteiger partial charge >= 0.3 is 5.97 Å². The van der Waals surface area contributed by atoms with Crippen LogP contribution in [0.15, 0.2) is 12.1 Å². The van der Waals surface area contributed by atoms with Crippen LogP contribution in [0.2, 0.25) is 0 Å². The van der Waals surface area contributed by atoms with Gasteiger partial charge in [-0.15, -0.1) is 0 Å². The van der Waals surface area contributed by atoms with Gasteiger partial charge < -0.3 is 9.67 Å². The zero-order valence-corrected chi connectivity index (χ0v) is 11.6. The highest BCUT2D eigenvalue weighted by atomic mass is 19.2. The zero-order chi connectivity index (χ0) is 15.1. The minimum Gasteiger partial charge on any atom is -0.480 e. The second-order valence-corrected chi connectivity index (χ2v) is 5.72. The van der Waals surface area contributed by atoms with E-state index < -0.39 is 17.6 Å². The van der Waals surface area contributed by atoms with Crippen LogP contribution >= 0.6 is 0 Å². The summed E-state index contributed by atoms with van der Waals surface area (Å²) >= 11 is 0. The minimum atomic E-state index is -1.02. The van der Waals surface area contributed by atoms with Crippen molar-refractivity contribution in [1.82, 2.24) is 9.55 Å². The third-order valence-electron chi connectivity index (χ3n) is 4.31. The molecule has 2 unspecified atom stereocenters. The largest absolute Gasteiger partial charge is 0.480 e. The van der Waals surface area contributed by atoms with Crippen molar-refractivity contribution in [1.29, 1.82) is 0 Å². The Bertz CT molecular complexity index is 711. The molecule has 1 aromatic heterocycles. The molecule has 1 aliphatic carbocycles. The summed E-state index contributed by atoms with van der Waals surface area (Å²) in [6.07, 6.45) is 3.05. The number of aliphatic carboxylic acids is 1. The molecule has 0 saturated heterocycles.